The first-order valence-electron chi connectivity index (χ1n) is 15.2. The summed E-state index contributed by atoms with van der Waals surface area (Å²) in [5.74, 6) is 0.329. The lowest BCUT2D eigenvalue weighted by Crippen LogP contribution is -2.40. The highest BCUT2D eigenvalue weighted by Crippen LogP contribution is 2.45. The molecule has 2 atom stereocenters. The summed E-state index contributed by atoms with van der Waals surface area (Å²) in [5.41, 5.74) is 10.0. The van der Waals surface area contributed by atoms with Crippen LogP contribution in [0.25, 0.3) is 11.3 Å². The zero-order chi connectivity index (χ0) is 31.0. The van der Waals surface area contributed by atoms with Gasteiger partial charge < -0.3 is 30.9 Å². The lowest BCUT2D eigenvalue weighted by atomic mass is 9.89. The first-order valence-corrected chi connectivity index (χ1v) is 16.1. The number of fused-ring (bicyclic) bond motifs is 1. The van der Waals surface area contributed by atoms with Gasteiger partial charge in [-0.15, -0.1) is 11.8 Å². The third-order valence-electron chi connectivity index (χ3n) is 8.85. The molecule has 2 aromatic carbocycles. The topological polar surface area (TPSA) is 143 Å². The molecule has 6 rings (SSSR count). The number of aromatic nitrogens is 2. The van der Waals surface area contributed by atoms with E-state index >= 15 is 0 Å². The summed E-state index contributed by atoms with van der Waals surface area (Å²) in [6.45, 7) is 2.89. The SMILES string of the molecule is Cc1c(NC(=O)C2=CC3CCCCC3S2)cccc1-c1cn(C)c(=O)c(Nc2ccc(C(=O)N3CCC(O)CC3)c(N)c2)n1. The number of aryl methyl sites for hydroxylation is 1. The van der Waals surface area contributed by atoms with E-state index in [-0.39, 0.29) is 35.0 Å². The summed E-state index contributed by atoms with van der Waals surface area (Å²) in [5, 5.41) is 16.4. The number of allylic oxidation sites excluding steroid dienone is 1. The molecule has 3 aliphatic rings. The summed E-state index contributed by atoms with van der Waals surface area (Å²) in [7, 11) is 1.66. The van der Waals surface area contributed by atoms with Gasteiger partial charge in [-0.1, -0.05) is 31.1 Å². The number of aliphatic hydroxyl groups excluding tert-OH is 1. The quantitative estimate of drug-likeness (QED) is 0.290. The molecule has 3 heterocycles. The molecule has 44 heavy (non-hydrogen) atoms. The fourth-order valence-corrected chi connectivity index (χ4v) is 7.66. The number of aliphatic hydroxyl groups is 1. The maximum atomic E-state index is 13.2. The monoisotopic (exact) mass is 614 g/mol. The number of hydrogen-bond acceptors (Lipinski definition) is 8. The number of nitrogens with zero attached hydrogens (tertiary/aromatic N) is 3. The molecule has 1 saturated heterocycles. The molecule has 2 fully saturated rings. The van der Waals surface area contributed by atoms with Gasteiger partial charge in [0.25, 0.3) is 17.4 Å². The van der Waals surface area contributed by atoms with Gasteiger partial charge in [-0.2, -0.15) is 0 Å². The number of carbonyl (C=O) groups excluding carboxylic acids is 2. The van der Waals surface area contributed by atoms with Crippen LogP contribution in [0, 0.1) is 12.8 Å². The fourth-order valence-electron chi connectivity index (χ4n) is 6.25. The predicted molar refractivity (Wildman–Crippen MR) is 175 cm³/mol. The lowest BCUT2D eigenvalue weighted by Gasteiger charge is -2.30. The van der Waals surface area contributed by atoms with Crippen molar-refractivity contribution in [2.75, 3.05) is 29.5 Å². The molecule has 1 aliphatic carbocycles. The Bertz CT molecular complexity index is 1690. The molecule has 0 radical (unpaired) electrons. The second kappa shape index (κ2) is 12.5. The molecular weight excluding hydrogens is 576 g/mol. The van der Waals surface area contributed by atoms with Gasteiger partial charge in [0, 0.05) is 54.2 Å². The number of nitrogen functional groups attached to an aromatic ring is 1. The molecule has 2 unspecified atom stereocenters. The Labute approximate surface area is 260 Å². The smallest absolute Gasteiger partial charge is 0.293 e. The van der Waals surface area contributed by atoms with Crippen LogP contribution in [-0.2, 0) is 11.8 Å². The average molecular weight is 615 g/mol. The van der Waals surface area contributed by atoms with Crippen molar-refractivity contribution in [3.63, 3.8) is 0 Å². The van der Waals surface area contributed by atoms with Crippen LogP contribution in [0.3, 0.4) is 0 Å². The Morgan fingerprint density at radius 3 is 2.61 bits per heavy atom. The van der Waals surface area contributed by atoms with E-state index in [0.717, 1.165) is 28.9 Å². The number of carbonyl (C=O) groups is 2. The normalized spacial score (nSPS) is 20.2. The fraction of sp³-hybridized carbons (Fsp3) is 0.394. The minimum absolute atomic E-state index is 0.0853. The molecule has 5 N–H and O–H groups in total. The number of rotatable bonds is 6. The molecule has 3 aromatic rings. The lowest BCUT2D eigenvalue weighted by molar-refractivity contribution is -0.112. The summed E-state index contributed by atoms with van der Waals surface area (Å²) >= 11 is 1.70. The summed E-state index contributed by atoms with van der Waals surface area (Å²) in [6, 6.07) is 10.6. The van der Waals surface area contributed by atoms with Gasteiger partial charge in [-0.05, 0) is 68.4 Å². The largest absolute Gasteiger partial charge is 0.398 e. The van der Waals surface area contributed by atoms with Crippen LogP contribution in [0.15, 0.2) is 58.4 Å². The van der Waals surface area contributed by atoms with E-state index in [1.807, 2.05) is 25.1 Å². The number of anilines is 4. The molecule has 1 aromatic heterocycles. The minimum Gasteiger partial charge on any atom is -0.398 e. The second-order valence-electron chi connectivity index (χ2n) is 11.9. The van der Waals surface area contributed by atoms with Gasteiger partial charge in [0.1, 0.15) is 0 Å². The first kappa shape index (κ1) is 30.0. The van der Waals surface area contributed by atoms with E-state index in [1.54, 1.807) is 48.1 Å². The Morgan fingerprint density at radius 2 is 1.86 bits per heavy atom. The van der Waals surface area contributed by atoms with E-state index in [2.05, 4.69) is 21.7 Å². The standard InChI is InChI=1S/C33H38N6O4S/c1-19-23(7-5-8-26(19)37-31(41)29-16-20-6-3-4-9-28(20)44-29)27-18-38(2)33(43)30(36-27)35-21-10-11-24(25(34)17-21)32(42)39-14-12-22(40)13-15-39/h5,7-8,10-11,16-18,20,22,28,40H,3-4,6,9,12-15,34H2,1-2H3,(H,35,36)(H,37,41). The molecule has 10 nitrogen and oxygen atoms in total. The molecular formula is C33H38N6O4S. The third-order valence-corrected chi connectivity index (χ3v) is 10.3. The second-order valence-corrected chi connectivity index (χ2v) is 13.2. The highest BCUT2D eigenvalue weighted by Gasteiger charge is 2.33. The van der Waals surface area contributed by atoms with Crippen LogP contribution in [0.5, 0.6) is 0 Å². The van der Waals surface area contributed by atoms with E-state index < -0.39 is 0 Å². The van der Waals surface area contributed by atoms with Crippen molar-refractivity contribution in [1.29, 1.82) is 0 Å². The van der Waals surface area contributed by atoms with Crippen LogP contribution in [0.2, 0.25) is 0 Å². The molecule has 230 valence electrons. The van der Waals surface area contributed by atoms with Crippen molar-refractivity contribution >= 4 is 46.5 Å². The molecule has 0 spiro atoms. The third kappa shape index (κ3) is 6.11. The van der Waals surface area contributed by atoms with Crippen LogP contribution in [-0.4, -0.2) is 55.8 Å². The average Bonchev–Trinajstić information content (AvgIpc) is 3.45. The van der Waals surface area contributed by atoms with Crippen molar-refractivity contribution < 1.29 is 14.7 Å². The van der Waals surface area contributed by atoms with E-state index in [1.165, 1.54) is 17.4 Å². The van der Waals surface area contributed by atoms with E-state index in [4.69, 9.17) is 5.73 Å². The molecule has 2 amide bonds. The number of nitrogens with two attached hydrogens (primary N) is 1. The highest BCUT2D eigenvalue weighted by molar-refractivity contribution is 8.04. The van der Waals surface area contributed by atoms with Gasteiger partial charge in [-0.25, -0.2) is 4.98 Å². The van der Waals surface area contributed by atoms with Crippen molar-refractivity contribution in [3.05, 3.63) is 75.1 Å². The van der Waals surface area contributed by atoms with Crippen molar-refractivity contribution in [2.45, 2.75) is 56.8 Å². The maximum absolute atomic E-state index is 13.2. The van der Waals surface area contributed by atoms with Crippen molar-refractivity contribution in [2.24, 2.45) is 13.0 Å². The van der Waals surface area contributed by atoms with Gasteiger partial charge in [0.05, 0.1) is 22.3 Å². The van der Waals surface area contributed by atoms with Crippen LogP contribution < -0.4 is 21.9 Å². The Hall–Kier alpha value is -4.09. The molecule has 2 aliphatic heterocycles. The van der Waals surface area contributed by atoms with Crippen LogP contribution in [0.4, 0.5) is 22.9 Å². The zero-order valence-electron chi connectivity index (χ0n) is 25.0. The van der Waals surface area contributed by atoms with Crippen LogP contribution >= 0.6 is 11.8 Å². The Balaban J connectivity index is 1.21. The van der Waals surface area contributed by atoms with Gasteiger partial charge in [-0.3, -0.25) is 14.4 Å². The van der Waals surface area contributed by atoms with E-state index in [9.17, 15) is 19.5 Å². The number of hydrogen-bond donors (Lipinski definition) is 4. The Morgan fingerprint density at radius 1 is 1.09 bits per heavy atom. The molecule has 11 heteroatoms. The minimum atomic E-state index is -0.378. The summed E-state index contributed by atoms with van der Waals surface area (Å²) < 4.78 is 1.46. The van der Waals surface area contributed by atoms with Crippen molar-refractivity contribution in [1.82, 2.24) is 14.5 Å². The number of benzene rings is 2. The van der Waals surface area contributed by atoms with E-state index in [0.29, 0.717) is 59.7 Å². The number of nitrogens with one attached hydrogen (secondary N) is 2. The number of thioether (sulfide) groups is 1. The summed E-state index contributed by atoms with van der Waals surface area (Å²) in [4.78, 5) is 46.4. The zero-order valence-corrected chi connectivity index (χ0v) is 25.8. The first-order chi connectivity index (χ1) is 21.2. The van der Waals surface area contributed by atoms with Crippen LogP contribution in [0.1, 0.15) is 54.4 Å². The predicted octanol–water partition coefficient (Wildman–Crippen LogP) is 4.81. The van der Waals surface area contributed by atoms with Gasteiger partial charge in [0.2, 0.25) is 0 Å². The van der Waals surface area contributed by atoms with Gasteiger partial charge in [0.15, 0.2) is 5.82 Å². The molecule has 0 bridgehead atoms. The number of likely N-dealkylation sites (tertiary alicyclic amines) is 1. The summed E-state index contributed by atoms with van der Waals surface area (Å²) in [6.07, 6.45) is 9.29. The maximum Gasteiger partial charge on any atom is 0.293 e. The highest BCUT2D eigenvalue weighted by atomic mass is 32.2. The Kier molecular flexibility index (Phi) is 8.50. The number of amides is 2. The van der Waals surface area contributed by atoms with Crippen molar-refractivity contribution in [3.8, 4) is 11.3 Å². The van der Waals surface area contributed by atoms with Gasteiger partial charge >= 0.3 is 0 Å². The number of piperidine rings is 1. The molecule has 1 saturated carbocycles.